The molecule has 21 heavy (non-hydrogen) atoms. The first-order valence-corrected chi connectivity index (χ1v) is 9.12. The Morgan fingerprint density at radius 1 is 1.43 bits per heavy atom. The summed E-state index contributed by atoms with van der Waals surface area (Å²) in [6, 6.07) is 2.02. The standard InChI is InChI=1S/C13H17NO5S2/c1-8-5-11(15)10(13(16)17)6-12(8)21(18,19)14-9-3-2-4-20-7-9/h5-6,9,14-15H,2-4,7H2,1H3,(H,16,17). The Bertz CT molecular complexity index is 651. The molecule has 0 bridgehead atoms. The van der Waals surface area contributed by atoms with Crippen molar-refractivity contribution in [3.8, 4) is 5.75 Å². The van der Waals surface area contributed by atoms with Gasteiger partial charge >= 0.3 is 5.97 Å². The molecule has 1 fully saturated rings. The number of phenols is 1. The number of benzene rings is 1. The molecule has 1 unspecified atom stereocenters. The predicted octanol–water partition coefficient (Wildman–Crippen LogP) is 1.57. The van der Waals surface area contributed by atoms with E-state index in [1.807, 2.05) is 0 Å². The molecule has 6 nitrogen and oxygen atoms in total. The van der Waals surface area contributed by atoms with Crippen LogP contribution >= 0.6 is 11.8 Å². The number of carboxylic acid groups (broad SMARTS) is 1. The highest BCUT2D eigenvalue weighted by Gasteiger charge is 2.25. The van der Waals surface area contributed by atoms with Crippen molar-refractivity contribution in [1.82, 2.24) is 4.72 Å². The maximum Gasteiger partial charge on any atom is 0.339 e. The molecule has 1 heterocycles. The fourth-order valence-corrected chi connectivity index (χ4v) is 4.95. The Balaban J connectivity index is 2.34. The van der Waals surface area contributed by atoms with Crippen molar-refractivity contribution in [2.45, 2.75) is 30.7 Å². The van der Waals surface area contributed by atoms with E-state index in [4.69, 9.17) is 5.11 Å². The molecule has 0 aromatic heterocycles. The largest absolute Gasteiger partial charge is 0.507 e. The number of nitrogens with one attached hydrogen (secondary N) is 1. The molecule has 1 aromatic rings. The number of aromatic carboxylic acids is 1. The topological polar surface area (TPSA) is 104 Å². The van der Waals surface area contributed by atoms with Crippen LogP contribution in [0, 0.1) is 6.92 Å². The smallest absolute Gasteiger partial charge is 0.339 e. The zero-order valence-corrected chi connectivity index (χ0v) is 13.1. The molecule has 0 amide bonds. The summed E-state index contributed by atoms with van der Waals surface area (Å²) in [5.74, 6) is -0.0637. The monoisotopic (exact) mass is 331 g/mol. The van der Waals surface area contributed by atoms with Gasteiger partial charge in [-0.15, -0.1) is 0 Å². The summed E-state index contributed by atoms with van der Waals surface area (Å²) >= 11 is 1.69. The van der Waals surface area contributed by atoms with E-state index in [9.17, 15) is 18.3 Å². The van der Waals surface area contributed by atoms with Crippen LogP contribution in [0.5, 0.6) is 5.75 Å². The normalized spacial score (nSPS) is 19.4. The van der Waals surface area contributed by atoms with Crippen molar-refractivity contribution >= 4 is 27.8 Å². The molecule has 1 aliphatic rings. The van der Waals surface area contributed by atoms with Crippen LogP contribution in [-0.4, -0.2) is 42.1 Å². The third-order valence-corrected chi connectivity index (χ3v) is 6.17. The number of rotatable bonds is 4. The quantitative estimate of drug-likeness (QED) is 0.774. The van der Waals surface area contributed by atoms with Crippen LogP contribution in [0.2, 0.25) is 0 Å². The Labute approximate surface area is 127 Å². The Kier molecular flexibility index (Phi) is 4.80. The van der Waals surface area contributed by atoms with Crippen molar-refractivity contribution in [1.29, 1.82) is 0 Å². The second kappa shape index (κ2) is 6.25. The second-order valence-corrected chi connectivity index (χ2v) is 7.81. The van der Waals surface area contributed by atoms with Gasteiger partial charge in [0.2, 0.25) is 10.0 Å². The number of carboxylic acids is 1. The fraction of sp³-hybridized carbons (Fsp3) is 0.462. The van der Waals surface area contributed by atoms with Crippen LogP contribution < -0.4 is 4.72 Å². The van der Waals surface area contributed by atoms with Gasteiger partial charge in [-0.2, -0.15) is 11.8 Å². The van der Waals surface area contributed by atoms with E-state index in [0.29, 0.717) is 11.3 Å². The van der Waals surface area contributed by atoms with Crippen LogP contribution in [0.4, 0.5) is 0 Å². The molecular formula is C13H17NO5S2. The third kappa shape index (κ3) is 3.69. The lowest BCUT2D eigenvalue weighted by atomic mass is 10.1. The SMILES string of the molecule is Cc1cc(O)c(C(=O)O)cc1S(=O)(=O)NC1CCCSC1. The third-order valence-electron chi connectivity index (χ3n) is 3.30. The van der Waals surface area contributed by atoms with Crippen molar-refractivity contribution in [3.63, 3.8) is 0 Å². The van der Waals surface area contributed by atoms with E-state index in [0.717, 1.165) is 30.7 Å². The number of sulfonamides is 1. The van der Waals surface area contributed by atoms with Gasteiger partial charge in [0.05, 0.1) is 4.90 Å². The number of aryl methyl sites for hydroxylation is 1. The lowest BCUT2D eigenvalue weighted by Crippen LogP contribution is -2.38. The van der Waals surface area contributed by atoms with Gasteiger partial charge < -0.3 is 10.2 Å². The Hall–Kier alpha value is -1.25. The summed E-state index contributed by atoms with van der Waals surface area (Å²) in [5.41, 5.74) is -0.104. The van der Waals surface area contributed by atoms with E-state index in [1.54, 1.807) is 11.8 Å². The van der Waals surface area contributed by atoms with Crippen LogP contribution in [0.1, 0.15) is 28.8 Å². The lowest BCUT2D eigenvalue weighted by molar-refractivity contribution is 0.0693. The summed E-state index contributed by atoms with van der Waals surface area (Å²) in [5, 5.41) is 18.6. The molecule has 3 N–H and O–H groups in total. The van der Waals surface area contributed by atoms with Gasteiger partial charge in [-0.05, 0) is 43.2 Å². The highest BCUT2D eigenvalue weighted by molar-refractivity contribution is 7.99. The molecule has 116 valence electrons. The van der Waals surface area contributed by atoms with Gasteiger partial charge in [0, 0.05) is 11.8 Å². The molecule has 0 aliphatic carbocycles. The van der Waals surface area contributed by atoms with Crippen molar-refractivity contribution in [2.24, 2.45) is 0 Å². The summed E-state index contributed by atoms with van der Waals surface area (Å²) in [7, 11) is -3.80. The zero-order valence-electron chi connectivity index (χ0n) is 11.5. The summed E-state index contributed by atoms with van der Waals surface area (Å²) in [6.45, 7) is 1.52. The molecular weight excluding hydrogens is 314 g/mol. The first-order chi connectivity index (χ1) is 9.81. The predicted molar refractivity (Wildman–Crippen MR) is 80.5 cm³/mol. The first kappa shape index (κ1) is 16.1. The number of hydrogen-bond acceptors (Lipinski definition) is 5. The van der Waals surface area contributed by atoms with E-state index >= 15 is 0 Å². The molecule has 1 aromatic carbocycles. The minimum absolute atomic E-state index is 0.103. The molecule has 8 heteroatoms. The molecule has 0 radical (unpaired) electrons. The van der Waals surface area contributed by atoms with E-state index < -0.39 is 27.3 Å². The summed E-state index contributed by atoms with van der Waals surface area (Å²) in [4.78, 5) is 10.9. The zero-order chi connectivity index (χ0) is 15.6. The average Bonchev–Trinajstić information content (AvgIpc) is 2.38. The van der Waals surface area contributed by atoms with E-state index in [1.165, 1.54) is 6.92 Å². The molecule has 2 rings (SSSR count). The fourth-order valence-electron chi connectivity index (χ4n) is 2.25. The van der Waals surface area contributed by atoms with Crippen molar-refractivity contribution in [2.75, 3.05) is 11.5 Å². The van der Waals surface area contributed by atoms with Gasteiger partial charge in [0.15, 0.2) is 0 Å². The number of aromatic hydroxyl groups is 1. The lowest BCUT2D eigenvalue weighted by Gasteiger charge is -2.23. The second-order valence-electron chi connectivity index (χ2n) is 4.98. The van der Waals surface area contributed by atoms with Gasteiger partial charge in [-0.25, -0.2) is 17.9 Å². The number of carbonyl (C=O) groups is 1. The minimum atomic E-state index is -3.80. The van der Waals surface area contributed by atoms with Crippen LogP contribution in [0.3, 0.4) is 0 Å². The van der Waals surface area contributed by atoms with Crippen LogP contribution in [-0.2, 0) is 10.0 Å². The number of hydrogen-bond donors (Lipinski definition) is 3. The highest BCUT2D eigenvalue weighted by Crippen LogP contribution is 2.26. The minimum Gasteiger partial charge on any atom is -0.507 e. The molecule has 1 saturated heterocycles. The van der Waals surface area contributed by atoms with Gasteiger partial charge in [-0.1, -0.05) is 0 Å². The van der Waals surface area contributed by atoms with Gasteiger partial charge in [0.25, 0.3) is 0 Å². The molecule has 0 spiro atoms. The van der Waals surface area contributed by atoms with Gasteiger partial charge in [0.1, 0.15) is 11.3 Å². The van der Waals surface area contributed by atoms with Crippen LogP contribution in [0.25, 0.3) is 0 Å². The van der Waals surface area contributed by atoms with E-state index in [2.05, 4.69) is 4.72 Å². The Morgan fingerprint density at radius 3 is 2.71 bits per heavy atom. The van der Waals surface area contributed by atoms with Crippen molar-refractivity contribution in [3.05, 3.63) is 23.3 Å². The maximum absolute atomic E-state index is 12.4. The average molecular weight is 331 g/mol. The molecule has 1 aliphatic heterocycles. The molecule has 0 saturated carbocycles. The summed E-state index contributed by atoms with van der Waals surface area (Å²) in [6.07, 6.45) is 1.72. The van der Waals surface area contributed by atoms with E-state index in [-0.39, 0.29) is 10.9 Å². The Morgan fingerprint density at radius 2 is 2.14 bits per heavy atom. The summed E-state index contributed by atoms with van der Waals surface area (Å²) < 4.78 is 27.4. The highest BCUT2D eigenvalue weighted by atomic mass is 32.2. The maximum atomic E-state index is 12.4. The first-order valence-electron chi connectivity index (χ1n) is 6.48. The molecule has 1 atom stereocenters. The number of thioether (sulfide) groups is 1. The van der Waals surface area contributed by atoms with Crippen molar-refractivity contribution < 1.29 is 23.4 Å². The van der Waals surface area contributed by atoms with Crippen LogP contribution in [0.15, 0.2) is 17.0 Å². The van der Waals surface area contributed by atoms with Gasteiger partial charge in [-0.3, -0.25) is 0 Å².